The first-order valence-corrected chi connectivity index (χ1v) is 11.3. The number of hydrogen-bond donors (Lipinski definition) is 2. The Labute approximate surface area is 194 Å². The highest BCUT2D eigenvalue weighted by Crippen LogP contribution is 2.28. The summed E-state index contributed by atoms with van der Waals surface area (Å²) >= 11 is 0. The summed E-state index contributed by atoms with van der Waals surface area (Å²) < 4.78 is 5.53. The second-order valence-electron chi connectivity index (χ2n) is 8.21. The molecule has 0 unspecified atom stereocenters. The van der Waals surface area contributed by atoms with E-state index in [0.717, 1.165) is 41.5 Å². The van der Waals surface area contributed by atoms with Gasteiger partial charge in [-0.15, -0.1) is 0 Å². The van der Waals surface area contributed by atoms with Crippen LogP contribution in [-0.4, -0.2) is 54.7 Å². The number of anilines is 2. The Morgan fingerprint density at radius 3 is 2.64 bits per heavy atom. The van der Waals surface area contributed by atoms with E-state index < -0.39 is 0 Å². The lowest BCUT2D eigenvalue weighted by atomic mass is 9.98. The van der Waals surface area contributed by atoms with Crippen LogP contribution in [0.4, 0.5) is 11.6 Å². The minimum Gasteiger partial charge on any atom is -0.496 e. The standard InChI is InChI=1S/C25H30N6O2/c1-17(20-8-6-18(25(32)26-2)12-22(20)33-3)14-27-23-13-21(29-16-30-23)19-7-9-24(28-15-19)31-10-4-5-11-31/h6-9,12-13,15-17H,4-5,10-11,14H2,1-3H3,(H,26,32)(H,27,29,30)/t17-/m1/s1. The zero-order chi connectivity index (χ0) is 23.2. The molecular formula is C25H30N6O2. The zero-order valence-electron chi connectivity index (χ0n) is 19.3. The van der Waals surface area contributed by atoms with Crippen LogP contribution < -0.4 is 20.3 Å². The monoisotopic (exact) mass is 446 g/mol. The molecule has 1 aliphatic rings. The van der Waals surface area contributed by atoms with E-state index >= 15 is 0 Å². The van der Waals surface area contributed by atoms with Crippen LogP contribution in [0.5, 0.6) is 5.75 Å². The van der Waals surface area contributed by atoms with Gasteiger partial charge >= 0.3 is 0 Å². The molecule has 33 heavy (non-hydrogen) atoms. The summed E-state index contributed by atoms with van der Waals surface area (Å²) in [6.07, 6.45) is 5.90. The maximum Gasteiger partial charge on any atom is 0.251 e. The van der Waals surface area contributed by atoms with Crippen molar-refractivity contribution >= 4 is 17.5 Å². The number of aromatic nitrogens is 3. The number of carbonyl (C=O) groups excluding carboxylic acids is 1. The fourth-order valence-electron chi connectivity index (χ4n) is 4.05. The number of hydrogen-bond acceptors (Lipinski definition) is 7. The molecule has 1 aromatic carbocycles. The van der Waals surface area contributed by atoms with Crippen LogP contribution in [-0.2, 0) is 0 Å². The molecule has 0 aliphatic carbocycles. The van der Waals surface area contributed by atoms with Crippen molar-refractivity contribution in [3.8, 4) is 17.0 Å². The molecule has 0 radical (unpaired) electrons. The summed E-state index contributed by atoms with van der Waals surface area (Å²) in [6, 6.07) is 11.6. The van der Waals surface area contributed by atoms with Crippen LogP contribution in [0, 0.1) is 0 Å². The van der Waals surface area contributed by atoms with Gasteiger partial charge in [0.2, 0.25) is 0 Å². The molecule has 0 spiro atoms. The summed E-state index contributed by atoms with van der Waals surface area (Å²) in [5.74, 6) is 2.46. The van der Waals surface area contributed by atoms with Gasteiger partial charge in [-0.25, -0.2) is 15.0 Å². The number of benzene rings is 1. The third-order valence-corrected chi connectivity index (χ3v) is 5.98. The number of ether oxygens (including phenoxy) is 1. The highest BCUT2D eigenvalue weighted by Gasteiger charge is 2.16. The summed E-state index contributed by atoms with van der Waals surface area (Å²) in [5, 5.41) is 6.03. The van der Waals surface area contributed by atoms with E-state index in [1.165, 1.54) is 12.8 Å². The number of rotatable bonds is 8. The first-order chi connectivity index (χ1) is 16.1. The molecule has 8 nitrogen and oxygen atoms in total. The second-order valence-corrected chi connectivity index (χ2v) is 8.21. The maximum atomic E-state index is 11.9. The fraction of sp³-hybridized carbons (Fsp3) is 0.360. The molecule has 1 amide bonds. The van der Waals surface area contributed by atoms with E-state index in [1.807, 2.05) is 24.4 Å². The smallest absolute Gasteiger partial charge is 0.251 e. The Bertz CT molecular complexity index is 1100. The summed E-state index contributed by atoms with van der Waals surface area (Å²) in [7, 11) is 3.23. The van der Waals surface area contributed by atoms with Gasteiger partial charge in [-0.05, 0) is 42.7 Å². The highest BCUT2D eigenvalue weighted by molar-refractivity contribution is 5.94. The van der Waals surface area contributed by atoms with Crippen LogP contribution in [0.3, 0.4) is 0 Å². The molecule has 0 bridgehead atoms. The number of nitrogens with one attached hydrogen (secondary N) is 2. The predicted octanol–water partition coefficient (Wildman–Crippen LogP) is 3.72. The van der Waals surface area contributed by atoms with Gasteiger partial charge in [-0.2, -0.15) is 0 Å². The topological polar surface area (TPSA) is 92.3 Å². The lowest BCUT2D eigenvalue weighted by Gasteiger charge is -2.18. The molecule has 4 rings (SSSR count). The molecule has 1 atom stereocenters. The predicted molar refractivity (Wildman–Crippen MR) is 130 cm³/mol. The van der Waals surface area contributed by atoms with Crippen molar-refractivity contribution in [2.24, 2.45) is 0 Å². The second kappa shape index (κ2) is 10.3. The van der Waals surface area contributed by atoms with Crippen LogP contribution in [0.2, 0.25) is 0 Å². The van der Waals surface area contributed by atoms with E-state index in [9.17, 15) is 4.79 Å². The van der Waals surface area contributed by atoms with Crippen molar-refractivity contribution in [3.63, 3.8) is 0 Å². The first kappa shape index (κ1) is 22.5. The minimum atomic E-state index is -0.137. The lowest BCUT2D eigenvalue weighted by Crippen LogP contribution is -2.18. The molecular weight excluding hydrogens is 416 g/mol. The van der Waals surface area contributed by atoms with Crippen LogP contribution in [0.25, 0.3) is 11.3 Å². The Balaban J connectivity index is 1.43. The summed E-state index contributed by atoms with van der Waals surface area (Å²) in [6.45, 7) is 4.91. The van der Waals surface area contributed by atoms with E-state index in [0.29, 0.717) is 17.9 Å². The average Bonchev–Trinajstić information content (AvgIpc) is 3.42. The fourth-order valence-corrected chi connectivity index (χ4v) is 4.05. The Morgan fingerprint density at radius 2 is 1.94 bits per heavy atom. The highest BCUT2D eigenvalue weighted by atomic mass is 16.5. The van der Waals surface area contributed by atoms with Crippen LogP contribution in [0.15, 0.2) is 48.9 Å². The first-order valence-electron chi connectivity index (χ1n) is 11.3. The average molecular weight is 447 g/mol. The van der Waals surface area contributed by atoms with Crippen molar-refractivity contribution < 1.29 is 9.53 Å². The van der Waals surface area contributed by atoms with Gasteiger partial charge in [0.25, 0.3) is 5.91 Å². The molecule has 3 heterocycles. The van der Waals surface area contributed by atoms with Crippen molar-refractivity contribution in [3.05, 3.63) is 60.0 Å². The molecule has 8 heteroatoms. The van der Waals surface area contributed by atoms with E-state index in [1.54, 1.807) is 26.6 Å². The molecule has 1 fully saturated rings. The van der Waals surface area contributed by atoms with Gasteiger partial charge in [0.15, 0.2) is 0 Å². The van der Waals surface area contributed by atoms with Crippen LogP contribution in [0.1, 0.15) is 41.6 Å². The molecule has 1 aliphatic heterocycles. The molecule has 0 saturated carbocycles. The van der Waals surface area contributed by atoms with Gasteiger partial charge in [0, 0.05) is 56.0 Å². The Kier molecular flexibility index (Phi) is 7.02. The third kappa shape index (κ3) is 5.22. The molecule has 2 N–H and O–H groups in total. The molecule has 2 aromatic heterocycles. The van der Waals surface area contributed by atoms with Gasteiger partial charge in [-0.3, -0.25) is 4.79 Å². The molecule has 3 aromatic rings. The van der Waals surface area contributed by atoms with Gasteiger partial charge in [0.05, 0.1) is 12.8 Å². The van der Waals surface area contributed by atoms with E-state index in [-0.39, 0.29) is 11.8 Å². The van der Waals surface area contributed by atoms with Gasteiger partial charge < -0.3 is 20.3 Å². The van der Waals surface area contributed by atoms with Crippen LogP contribution >= 0.6 is 0 Å². The van der Waals surface area contributed by atoms with Crippen molar-refractivity contribution in [2.45, 2.75) is 25.7 Å². The SMILES string of the molecule is CNC(=O)c1ccc([C@H](C)CNc2cc(-c3ccc(N4CCCC4)nc3)ncn2)c(OC)c1. The van der Waals surface area contributed by atoms with Crippen molar-refractivity contribution in [2.75, 3.05) is 44.0 Å². The molecule has 1 saturated heterocycles. The van der Waals surface area contributed by atoms with Gasteiger partial charge in [0.1, 0.15) is 23.7 Å². The largest absolute Gasteiger partial charge is 0.496 e. The lowest BCUT2D eigenvalue weighted by molar-refractivity contribution is 0.0962. The number of methoxy groups -OCH3 is 1. The summed E-state index contributed by atoms with van der Waals surface area (Å²) in [5.41, 5.74) is 3.38. The van der Waals surface area contributed by atoms with Gasteiger partial charge in [-0.1, -0.05) is 13.0 Å². The number of pyridine rings is 1. The summed E-state index contributed by atoms with van der Waals surface area (Å²) in [4.78, 5) is 27.6. The number of nitrogens with zero attached hydrogens (tertiary/aromatic N) is 4. The number of amides is 1. The Morgan fingerprint density at radius 1 is 1.12 bits per heavy atom. The van der Waals surface area contributed by atoms with Crippen molar-refractivity contribution in [1.82, 2.24) is 20.3 Å². The normalized spacial score (nSPS) is 14.1. The number of carbonyl (C=O) groups is 1. The van der Waals surface area contributed by atoms with Crippen molar-refractivity contribution in [1.29, 1.82) is 0 Å². The third-order valence-electron chi connectivity index (χ3n) is 5.98. The minimum absolute atomic E-state index is 0.137. The zero-order valence-corrected chi connectivity index (χ0v) is 19.3. The molecule has 172 valence electrons. The quantitative estimate of drug-likeness (QED) is 0.545. The maximum absolute atomic E-state index is 11.9. The Hall–Kier alpha value is -3.68. The van der Waals surface area contributed by atoms with E-state index in [2.05, 4.69) is 49.5 Å². The van der Waals surface area contributed by atoms with E-state index in [4.69, 9.17) is 4.74 Å².